The molecular formula is C22H28Cl2N4O2. The van der Waals surface area contributed by atoms with Gasteiger partial charge in [0.1, 0.15) is 0 Å². The average molecular weight is 451 g/mol. The van der Waals surface area contributed by atoms with Crippen molar-refractivity contribution in [2.45, 2.75) is 31.5 Å². The number of nitrogens with one attached hydrogen (secondary N) is 1. The summed E-state index contributed by atoms with van der Waals surface area (Å²) in [4.78, 5) is 16.6. The molecule has 0 bridgehead atoms. The summed E-state index contributed by atoms with van der Waals surface area (Å²) in [6, 6.07) is 19.1. The van der Waals surface area contributed by atoms with E-state index >= 15 is 0 Å². The van der Waals surface area contributed by atoms with Gasteiger partial charge in [-0.05, 0) is 11.1 Å². The lowest BCUT2D eigenvalue weighted by Crippen LogP contribution is -2.44. The number of nitrogens with zero attached hydrogens (tertiary/aromatic N) is 2. The van der Waals surface area contributed by atoms with Crippen LogP contribution in [0.2, 0.25) is 0 Å². The van der Waals surface area contributed by atoms with Gasteiger partial charge in [-0.15, -0.1) is 24.8 Å². The minimum atomic E-state index is -0.705. The molecule has 0 fully saturated rings. The molecule has 0 spiro atoms. The Labute approximate surface area is 189 Å². The zero-order valence-electron chi connectivity index (χ0n) is 16.6. The van der Waals surface area contributed by atoms with Gasteiger partial charge in [-0.2, -0.15) is 0 Å². The van der Waals surface area contributed by atoms with Gasteiger partial charge < -0.3 is 20.7 Å². The molecule has 6 nitrogen and oxygen atoms in total. The molecule has 0 aliphatic carbocycles. The molecule has 2 atom stereocenters. The van der Waals surface area contributed by atoms with Crippen molar-refractivity contribution in [1.29, 1.82) is 0 Å². The summed E-state index contributed by atoms with van der Waals surface area (Å²) in [5, 5.41) is 12.8. The smallest absolute Gasteiger partial charge is 0.237 e. The molecule has 1 amide bonds. The standard InChI is InChI=1S/C22H26N4O2.2ClH/c23-21(22(28)24-13-20(27)11-17-7-3-1-4-8-17)12-19-15-26(16-25-19)14-18-9-5-2-6-10-18;;/h1-10,15-16,20-21,27H,11-14,23H2,(H,24,28);2*1H/t20?,21-;;/m0../s1. The number of aliphatic hydroxyl groups excluding tert-OH is 1. The van der Waals surface area contributed by atoms with Crippen molar-refractivity contribution in [3.05, 3.63) is 90.0 Å². The lowest BCUT2D eigenvalue weighted by atomic mass is 10.1. The van der Waals surface area contributed by atoms with Gasteiger partial charge in [-0.3, -0.25) is 4.79 Å². The van der Waals surface area contributed by atoms with Crippen LogP contribution in [-0.2, 0) is 24.2 Å². The summed E-state index contributed by atoms with van der Waals surface area (Å²) in [6.45, 7) is 0.894. The van der Waals surface area contributed by atoms with Crippen LogP contribution in [0.1, 0.15) is 16.8 Å². The van der Waals surface area contributed by atoms with Crippen LogP contribution in [0.15, 0.2) is 73.2 Å². The number of hydrogen-bond donors (Lipinski definition) is 3. The number of amides is 1. The third-order valence-electron chi connectivity index (χ3n) is 4.49. The summed E-state index contributed by atoms with van der Waals surface area (Å²) in [5.41, 5.74) is 8.98. The molecule has 0 aliphatic heterocycles. The van der Waals surface area contributed by atoms with E-state index in [1.807, 2.05) is 59.3 Å². The topological polar surface area (TPSA) is 93.2 Å². The highest BCUT2D eigenvalue weighted by Gasteiger charge is 2.17. The van der Waals surface area contributed by atoms with Gasteiger partial charge in [-0.1, -0.05) is 60.7 Å². The molecule has 1 aromatic heterocycles. The zero-order chi connectivity index (χ0) is 19.8. The first-order chi connectivity index (χ1) is 13.6. The first-order valence-electron chi connectivity index (χ1n) is 9.40. The van der Waals surface area contributed by atoms with Crippen molar-refractivity contribution >= 4 is 30.7 Å². The van der Waals surface area contributed by atoms with E-state index in [2.05, 4.69) is 22.4 Å². The van der Waals surface area contributed by atoms with Gasteiger partial charge in [0.05, 0.1) is 24.2 Å². The second kappa shape index (κ2) is 13.0. The monoisotopic (exact) mass is 450 g/mol. The van der Waals surface area contributed by atoms with E-state index in [-0.39, 0.29) is 37.3 Å². The number of rotatable bonds is 9. The molecule has 30 heavy (non-hydrogen) atoms. The van der Waals surface area contributed by atoms with Gasteiger partial charge >= 0.3 is 0 Å². The summed E-state index contributed by atoms with van der Waals surface area (Å²) < 4.78 is 1.97. The third kappa shape index (κ3) is 8.16. The highest BCUT2D eigenvalue weighted by molar-refractivity contribution is 5.85. The Morgan fingerprint density at radius 3 is 2.23 bits per heavy atom. The maximum absolute atomic E-state index is 12.2. The summed E-state index contributed by atoms with van der Waals surface area (Å²) >= 11 is 0. The highest BCUT2D eigenvalue weighted by atomic mass is 35.5. The highest BCUT2D eigenvalue weighted by Crippen LogP contribution is 2.06. The number of aromatic nitrogens is 2. The van der Waals surface area contributed by atoms with Crippen LogP contribution < -0.4 is 11.1 Å². The first-order valence-corrected chi connectivity index (χ1v) is 9.40. The van der Waals surface area contributed by atoms with Gasteiger partial charge in [0, 0.05) is 32.1 Å². The quantitative estimate of drug-likeness (QED) is 0.466. The molecule has 4 N–H and O–H groups in total. The molecule has 0 saturated carbocycles. The second-order valence-corrected chi connectivity index (χ2v) is 6.92. The maximum Gasteiger partial charge on any atom is 0.237 e. The zero-order valence-corrected chi connectivity index (χ0v) is 18.2. The number of nitrogens with two attached hydrogens (primary N) is 1. The van der Waals surface area contributed by atoms with Crippen molar-refractivity contribution in [1.82, 2.24) is 14.9 Å². The van der Waals surface area contributed by atoms with Crippen LogP contribution in [-0.4, -0.2) is 39.3 Å². The number of benzene rings is 2. The minimum absolute atomic E-state index is 0. The Morgan fingerprint density at radius 1 is 1.00 bits per heavy atom. The van der Waals surface area contributed by atoms with Crippen LogP contribution in [0.5, 0.6) is 0 Å². The summed E-state index contributed by atoms with van der Waals surface area (Å²) in [7, 11) is 0. The van der Waals surface area contributed by atoms with E-state index in [0.717, 1.165) is 17.8 Å². The van der Waals surface area contributed by atoms with Gasteiger partial charge in [0.2, 0.25) is 5.91 Å². The van der Waals surface area contributed by atoms with Gasteiger partial charge in [-0.25, -0.2) is 4.98 Å². The van der Waals surface area contributed by atoms with Crippen molar-refractivity contribution in [3.8, 4) is 0 Å². The molecule has 1 heterocycles. The molecule has 0 radical (unpaired) electrons. The molecule has 162 valence electrons. The lowest BCUT2D eigenvalue weighted by molar-refractivity contribution is -0.122. The Kier molecular flexibility index (Phi) is 11.1. The predicted molar refractivity (Wildman–Crippen MR) is 123 cm³/mol. The Bertz CT molecular complexity index is 875. The third-order valence-corrected chi connectivity index (χ3v) is 4.49. The fourth-order valence-electron chi connectivity index (χ4n) is 3.02. The van der Waals surface area contributed by atoms with Crippen molar-refractivity contribution in [2.24, 2.45) is 5.73 Å². The molecule has 2 aromatic carbocycles. The number of aliphatic hydroxyl groups is 1. The van der Waals surface area contributed by atoms with Crippen molar-refractivity contribution < 1.29 is 9.90 Å². The van der Waals surface area contributed by atoms with Crippen LogP contribution in [0.3, 0.4) is 0 Å². The Morgan fingerprint density at radius 2 is 1.60 bits per heavy atom. The molecule has 3 rings (SSSR count). The fraction of sp³-hybridized carbons (Fsp3) is 0.273. The summed E-state index contributed by atoms with van der Waals surface area (Å²) in [6.07, 6.45) is 3.84. The van der Waals surface area contributed by atoms with E-state index in [1.165, 1.54) is 5.56 Å². The van der Waals surface area contributed by atoms with E-state index in [0.29, 0.717) is 12.8 Å². The van der Waals surface area contributed by atoms with Crippen LogP contribution >= 0.6 is 24.8 Å². The lowest BCUT2D eigenvalue weighted by Gasteiger charge is -2.15. The second-order valence-electron chi connectivity index (χ2n) is 6.92. The van der Waals surface area contributed by atoms with Crippen LogP contribution in [0.25, 0.3) is 0 Å². The number of halogens is 2. The van der Waals surface area contributed by atoms with Crippen LogP contribution in [0.4, 0.5) is 0 Å². The molecule has 1 unspecified atom stereocenters. The number of hydrogen-bond acceptors (Lipinski definition) is 4. The minimum Gasteiger partial charge on any atom is -0.391 e. The Hall–Kier alpha value is -2.38. The average Bonchev–Trinajstić information content (AvgIpc) is 3.14. The number of imidazole rings is 1. The van der Waals surface area contributed by atoms with Gasteiger partial charge in [0.25, 0.3) is 0 Å². The molecule has 3 aromatic rings. The maximum atomic E-state index is 12.2. The predicted octanol–water partition coefficient (Wildman–Crippen LogP) is 2.36. The van der Waals surface area contributed by atoms with Crippen LogP contribution in [0, 0.1) is 0 Å². The van der Waals surface area contributed by atoms with E-state index in [4.69, 9.17) is 5.73 Å². The molecular weight excluding hydrogens is 423 g/mol. The number of carbonyl (C=O) groups excluding carboxylic acids is 1. The normalized spacial score (nSPS) is 12.2. The fourth-order valence-corrected chi connectivity index (χ4v) is 3.02. The van der Waals surface area contributed by atoms with E-state index < -0.39 is 12.1 Å². The molecule has 0 aliphatic rings. The van der Waals surface area contributed by atoms with Gasteiger partial charge in [0.15, 0.2) is 0 Å². The molecule has 8 heteroatoms. The van der Waals surface area contributed by atoms with E-state index in [1.54, 1.807) is 6.33 Å². The first kappa shape index (κ1) is 25.7. The van der Waals surface area contributed by atoms with Crippen molar-refractivity contribution in [3.63, 3.8) is 0 Å². The number of carbonyl (C=O) groups is 1. The SMILES string of the molecule is Cl.Cl.N[C@@H](Cc1cn(Cc2ccccc2)cn1)C(=O)NCC(O)Cc1ccccc1. The Balaban J connectivity index is 0.00000225. The van der Waals surface area contributed by atoms with E-state index in [9.17, 15) is 9.90 Å². The molecule has 0 saturated heterocycles. The largest absolute Gasteiger partial charge is 0.391 e. The van der Waals surface area contributed by atoms with Crippen molar-refractivity contribution in [2.75, 3.05) is 6.54 Å². The summed E-state index contributed by atoms with van der Waals surface area (Å²) in [5.74, 6) is -0.287.